The van der Waals surface area contributed by atoms with Crippen molar-refractivity contribution < 1.29 is 19.1 Å². The van der Waals surface area contributed by atoms with Gasteiger partial charge in [-0.2, -0.15) is 0 Å². The molecule has 0 fully saturated rings. The van der Waals surface area contributed by atoms with Gasteiger partial charge in [0.15, 0.2) is 5.92 Å². The number of carbonyl (C=O) groups excluding carboxylic acids is 2. The summed E-state index contributed by atoms with van der Waals surface area (Å²) in [6.45, 7) is 0. The third kappa shape index (κ3) is 4.41. The zero-order valence-electron chi connectivity index (χ0n) is 8.16. The van der Waals surface area contributed by atoms with Crippen molar-refractivity contribution in [2.24, 2.45) is 5.92 Å². The first-order chi connectivity index (χ1) is 6.67. The topological polar surface area (TPSA) is 52.6 Å². The fraction of sp³-hybridized carbons (Fsp3) is 0.556. The highest BCUT2D eigenvalue weighted by Gasteiger charge is 2.26. The van der Waals surface area contributed by atoms with Crippen LogP contribution in [0.5, 0.6) is 0 Å². The Morgan fingerprint density at radius 1 is 1.21 bits per heavy atom. The molecule has 0 unspecified atom stereocenters. The molecule has 0 spiro atoms. The smallest absolute Gasteiger partial charge is 0.320 e. The SMILES string of the molecule is COC(=O)C(C/C=C/CBr)C(=O)OC. The van der Waals surface area contributed by atoms with E-state index in [1.165, 1.54) is 14.2 Å². The standard InChI is InChI=1S/C9H13BrO4/c1-13-8(11)7(9(12)14-2)5-3-4-6-10/h3-4,7H,5-6H2,1-2H3/b4-3+. The summed E-state index contributed by atoms with van der Waals surface area (Å²) in [6.07, 6.45) is 3.83. The summed E-state index contributed by atoms with van der Waals surface area (Å²) < 4.78 is 8.96. The zero-order chi connectivity index (χ0) is 11.0. The Labute approximate surface area is 91.4 Å². The van der Waals surface area contributed by atoms with Gasteiger partial charge in [-0.05, 0) is 6.42 Å². The molecule has 0 radical (unpaired) electrons. The number of ether oxygens (including phenoxy) is 2. The lowest BCUT2D eigenvalue weighted by Gasteiger charge is -2.09. The summed E-state index contributed by atoms with van der Waals surface area (Å²) >= 11 is 3.19. The Morgan fingerprint density at radius 2 is 1.71 bits per heavy atom. The molecule has 80 valence electrons. The van der Waals surface area contributed by atoms with E-state index in [9.17, 15) is 9.59 Å². The second-order valence-electron chi connectivity index (χ2n) is 2.46. The molecule has 0 bridgehead atoms. The van der Waals surface area contributed by atoms with Crippen molar-refractivity contribution in [3.8, 4) is 0 Å². The van der Waals surface area contributed by atoms with E-state index in [1.54, 1.807) is 12.2 Å². The third-order valence-corrected chi connectivity index (χ3v) is 1.97. The lowest BCUT2D eigenvalue weighted by atomic mass is 10.1. The van der Waals surface area contributed by atoms with E-state index >= 15 is 0 Å². The maximum atomic E-state index is 11.1. The monoisotopic (exact) mass is 264 g/mol. The van der Waals surface area contributed by atoms with E-state index in [0.717, 1.165) is 0 Å². The van der Waals surface area contributed by atoms with Crippen molar-refractivity contribution in [2.45, 2.75) is 6.42 Å². The van der Waals surface area contributed by atoms with Gasteiger partial charge in [0.1, 0.15) is 0 Å². The number of rotatable bonds is 5. The maximum absolute atomic E-state index is 11.1. The van der Waals surface area contributed by atoms with Gasteiger partial charge in [0.05, 0.1) is 14.2 Å². The normalized spacial score (nSPS) is 10.6. The van der Waals surface area contributed by atoms with Crippen molar-refractivity contribution in [2.75, 3.05) is 19.5 Å². The van der Waals surface area contributed by atoms with Gasteiger partial charge >= 0.3 is 11.9 Å². The average Bonchev–Trinajstić information content (AvgIpc) is 2.22. The largest absolute Gasteiger partial charge is 0.468 e. The van der Waals surface area contributed by atoms with Crippen molar-refractivity contribution in [3.63, 3.8) is 0 Å². The fourth-order valence-corrected chi connectivity index (χ4v) is 1.13. The molecule has 0 N–H and O–H groups in total. The Morgan fingerprint density at radius 3 is 2.07 bits per heavy atom. The molecule has 0 heterocycles. The van der Waals surface area contributed by atoms with Crippen LogP contribution in [0.3, 0.4) is 0 Å². The van der Waals surface area contributed by atoms with E-state index in [1.807, 2.05) is 0 Å². The van der Waals surface area contributed by atoms with Crippen LogP contribution in [0.25, 0.3) is 0 Å². The van der Waals surface area contributed by atoms with E-state index in [-0.39, 0.29) is 0 Å². The highest BCUT2D eigenvalue weighted by Crippen LogP contribution is 2.08. The van der Waals surface area contributed by atoms with Crippen LogP contribution in [-0.2, 0) is 19.1 Å². The van der Waals surface area contributed by atoms with Gasteiger partial charge in [-0.1, -0.05) is 28.1 Å². The molecule has 0 atom stereocenters. The summed E-state index contributed by atoms with van der Waals surface area (Å²) in [5.74, 6) is -2.01. The minimum atomic E-state index is -0.861. The van der Waals surface area contributed by atoms with Gasteiger partial charge in [0.2, 0.25) is 0 Å². The number of allylic oxidation sites excluding steroid dienone is 2. The van der Waals surface area contributed by atoms with Crippen molar-refractivity contribution in [1.29, 1.82) is 0 Å². The average molecular weight is 265 g/mol. The van der Waals surface area contributed by atoms with Crippen LogP contribution in [0.15, 0.2) is 12.2 Å². The Hall–Kier alpha value is -0.840. The van der Waals surface area contributed by atoms with E-state index in [4.69, 9.17) is 0 Å². The first kappa shape index (κ1) is 13.2. The van der Waals surface area contributed by atoms with Crippen LogP contribution in [0, 0.1) is 5.92 Å². The lowest BCUT2D eigenvalue weighted by molar-refractivity contribution is -0.158. The van der Waals surface area contributed by atoms with Crippen LogP contribution >= 0.6 is 15.9 Å². The summed E-state index contributed by atoms with van der Waals surface area (Å²) in [4.78, 5) is 22.3. The molecule has 0 aliphatic carbocycles. The van der Waals surface area contributed by atoms with E-state index in [0.29, 0.717) is 11.8 Å². The van der Waals surface area contributed by atoms with E-state index < -0.39 is 17.9 Å². The molecular formula is C9H13BrO4. The van der Waals surface area contributed by atoms with Crippen molar-refractivity contribution in [3.05, 3.63) is 12.2 Å². The van der Waals surface area contributed by atoms with Crippen LogP contribution in [0.4, 0.5) is 0 Å². The van der Waals surface area contributed by atoms with Crippen LogP contribution in [0.2, 0.25) is 0 Å². The quantitative estimate of drug-likeness (QED) is 0.325. The molecule has 0 aromatic rings. The molecular weight excluding hydrogens is 252 g/mol. The number of carbonyl (C=O) groups is 2. The second-order valence-corrected chi connectivity index (χ2v) is 3.11. The van der Waals surface area contributed by atoms with E-state index in [2.05, 4.69) is 25.4 Å². The molecule has 0 aromatic heterocycles. The van der Waals surface area contributed by atoms with Gasteiger partial charge < -0.3 is 9.47 Å². The number of hydrogen-bond acceptors (Lipinski definition) is 4. The number of methoxy groups -OCH3 is 2. The van der Waals surface area contributed by atoms with Crippen molar-refractivity contribution in [1.82, 2.24) is 0 Å². The molecule has 5 heteroatoms. The first-order valence-electron chi connectivity index (χ1n) is 4.04. The van der Waals surface area contributed by atoms with Crippen LogP contribution < -0.4 is 0 Å². The molecule has 0 aliphatic heterocycles. The molecule has 0 rings (SSSR count). The molecule has 0 aromatic carbocycles. The number of alkyl halides is 1. The summed E-state index contributed by atoms with van der Waals surface area (Å²) in [6, 6.07) is 0. The van der Waals surface area contributed by atoms with Gasteiger partial charge in [0, 0.05) is 5.33 Å². The third-order valence-electron chi connectivity index (χ3n) is 1.60. The van der Waals surface area contributed by atoms with Gasteiger partial charge in [-0.3, -0.25) is 9.59 Å². The minimum Gasteiger partial charge on any atom is -0.468 e. The molecule has 14 heavy (non-hydrogen) atoms. The molecule has 0 aliphatic rings. The van der Waals surface area contributed by atoms with Gasteiger partial charge in [-0.25, -0.2) is 0 Å². The molecule has 0 saturated heterocycles. The Kier molecular flexibility index (Phi) is 7.10. The highest BCUT2D eigenvalue weighted by molar-refractivity contribution is 9.09. The van der Waals surface area contributed by atoms with Gasteiger partial charge in [0.25, 0.3) is 0 Å². The predicted molar refractivity (Wildman–Crippen MR) is 55.1 cm³/mol. The molecule has 0 amide bonds. The minimum absolute atomic E-state index is 0.297. The van der Waals surface area contributed by atoms with Gasteiger partial charge in [-0.15, -0.1) is 0 Å². The zero-order valence-corrected chi connectivity index (χ0v) is 9.74. The number of hydrogen-bond donors (Lipinski definition) is 0. The summed E-state index contributed by atoms with van der Waals surface area (Å²) in [5.41, 5.74) is 0. The number of halogens is 1. The fourth-order valence-electron chi connectivity index (χ4n) is 0.868. The molecule has 0 saturated carbocycles. The first-order valence-corrected chi connectivity index (χ1v) is 5.16. The highest BCUT2D eigenvalue weighted by atomic mass is 79.9. The summed E-state index contributed by atoms with van der Waals surface area (Å²) in [7, 11) is 2.49. The van der Waals surface area contributed by atoms with Crippen LogP contribution in [-0.4, -0.2) is 31.5 Å². The van der Waals surface area contributed by atoms with Crippen LogP contribution in [0.1, 0.15) is 6.42 Å². The van der Waals surface area contributed by atoms with Crippen molar-refractivity contribution >= 4 is 27.9 Å². The molecule has 4 nitrogen and oxygen atoms in total. The second kappa shape index (κ2) is 7.55. The predicted octanol–water partition coefficient (Wildman–Crippen LogP) is 1.29. The Bertz CT molecular complexity index is 209. The summed E-state index contributed by atoms with van der Waals surface area (Å²) in [5, 5.41) is 0.683. The maximum Gasteiger partial charge on any atom is 0.320 e. The lowest BCUT2D eigenvalue weighted by Crippen LogP contribution is -2.25. The number of esters is 2. The Balaban J connectivity index is 4.32.